The Kier molecular flexibility index (Phi) is 4.07. The Balaban J connectivity index is 2.12. The molecule has 2 aromatic rings. The lowest BCUT2D eigenvalue weighted by atomic mass is 10.1. The van der Waals surface area contributed by atoms with Gasteiger partial charge in [-0.2, -0.15) is 22.5 Å². The Morgan fingerprint density at radius 2 is 2.14 bits per heavy atom. The van der Waals surface area contributed by atoms with Gasteiger partial charge in [0.2, 0.25) is 11.0 Å². The average Bonchev–Trinajstić information content (AvgIpc) is 2.86. The number of halogens is 3. The van der Waals surface area contributed by atoms with E-state index in [9.17, 15) is 23.3 Å². The zero-order chi connectivity index (χ0) is 15.6. The van der Waals surface area contributed by atoms with Gasteiger partial charge in [0.05, 0.1) is 4.92 Å². The maximum absolute atomic E-state index is 12.3. The van der Waals surface area contributed by atoms with Gasteiger partial charge in [-0.3, -0.25) is 10.1 Å². The van der Waals surface area contributed by atoms with Crippen LogP contribution in [-0.2, 0) is 12.7 Å². The quantitative estimate of drug-likeness (QED) is 0.690. The summed E-state index contributed by atoms with van der Waals surface area (Å²) in [7, 11) is 0. The van der Waals surface area contributed by atoms with E-state index in [2.05, 4.69) is 14.7 Å². The third-order valence-electron chi connectivity index (χ3n) is 2.72. The lowest BCUT2D eigenvalue weighted by Crippen LogP contribution is -2.08. The maximum Gasteiger partial charge on any atom is 0.452 e. The van der Waals surface area contributed by atoms with Crippen molar-refractivity contribution in [2.45, 2.75) is 19.6 Å². The van der Waals surface area contributed by atoms with Gasteiger partial charge in [0, 0.05) is 29.7 Å². The minimum absolute atomic E-state index is 0.00762. The van der Waals surface area contributed by atoms with Crippen molar-refractivity contribution in [1.82, 2.24) is 9.36 Å². The number of nitro benzene ring substituents is 1. The molecule has 0 spiro atoms. The summed E-state index contributed by atoms with van der Waals surface area (Å²) in [6.45, 7) is 1.70. The highest BCUT2D eigenvalue weighted by molar-refractivity contribution is 7.09. The molecule has 0 aliphatic heterocycles. The van der Waals surface area contributed by atoms with Crippen molar-refractivity contribution in [3.63, 3.8) is 0 Å². The number of benzene rings is 1. The molecule has 1 aromatic carbocycles. The number of anilines is 1. The van der Waals surface area contributed by atoms with Crippen molar-refractivity contribution in [2.24, 2.45) is 0 Å². The van der Waals surface area contributed by atoms with E-state index in [4.69, 9.17) is 0 Å². The topological polar surface area (TPSA) is 81.0 Å². The molecule has 0 unspecified atom stereocenters. The first-order chi connectivity index (χ1) is 9.79. The molecule has 6 nitrogen and oxygen atoms in total. The van der Waals surface area contributed by atoms with Crippen LogP contribution in [-0.4, -0.2) is 14.3 Å². The fourth-order valence-corrected chi connectivity index (χ4v) is 2.22. The molecular weight excluding hydrogens is 309 g/mol. The Bertz CT molecular complexity index is 672. The zero-order valence-electron chi connectivity index (χ0n) is 10.6. The second-order valence-electron chi connectivity index (χ2n) is 4.09. The number of alkyl halides is 3. The summed E-state index contributed by atoms with van der Waals surface area (Å²) >= 11 is 0.586. The van der Waals surface area contributed by atoms with Crippen molar-refractivity contribution >= 4 is 22.4 Å². The molecule has 1 heterocycles. The molecule has 0 bridgehead atoms. The molecule has 1 aromatic heterocycles. The van der Waals surface area contributed by atoms with E-state index in [0.717, 1.165) is 0 Å². The maximum atomic E-state index is 12.3. The van der Waals surface area contributed by atoms with E-state index in [-0.39, 0.29) is 17.4 Å². The van der Waals surface area contributed by atoms with Crippen molar-refractivity contribution in [3.8, 4) is 0 Å². The summed E-state index contributed by atoms with van der Waals surface area (Å²) in [4.78, 5) is 13.6. The van der Waals surface area contributed by atoms with Gasteiger partial charge in [-0.25, -0.2) is 0 Å². The van der Waals surface area contributed by atoms with Crippen molar-refractivity contribution in [3.05, 3.63) is 45.3 Å². The molecule has 1 N–H and O–H groups in total. The summed E-state index contributed by atoms with van der Waals surface area (Å²) in [6, 6.07) is 4.54. The lowest BCUT2D eigenvalue weighted by molar-refractivity contribution is -0.385. The molecule has 0 aliphatic rings. The highest BCUT2D eigenvalue weighted by Gasteiger charge is 2.36. The monoisotopic (exact) mass is 318 g/mol. The standard InChI is InChI=1S/C11H9F3N4O2S/c1-6-7(3-2-4-8(6)18(19)20)5-15-10-16-9(17-21-10)11(12,13)14/h2-4H,5H2,1H3,(H,15,16,17). The molecule has 21 heavy (non-hydrogen) atoms. The SMILES string of the molecule is Cc1c(CNc2nc(C(F)(F)F)ns2)cccc1[N+](=O)[O-]. The van der Waals surface area contributed by atoms with Crippen LogP contribution in [0.3, 0.4) is 0 Å². The first kappa shape index (κ1) is 15.2. The Labute approximate surface area is 121 Å². The lowest BCUT2D eigenvalue weighted by Gasteiger charge is -2.06. The number of nitro groups is 1. The van der Waals surface area contributed by atoms with E-state index in [1.807, 2.05) is 0 Å². The van der Waals surface area contributed by atoms with E-state index in [1.54, 1.807) is 13.0 Å². The number of hydrogen-bond acceptors (Lipinski definition) is 6. The average molecular weight is 318 g/mol. The summed E-state index contributed by atoms with van der Waals surface area (Å²) in [5.41, 5.74) is 1.02. The molecule has 112 valence electrons. The second kappa shape index (κ2) is 5.64. The second-order valence-corrected chi connectivity index (χ2v) is 4.84. The van der Waals surface area contributed by atoms with Gasteiger partial charge in [0.25, 0.3) is 5.69 Å². The van der Waals surface area contributed by atoms with Gasteiger partial charge in [-0.15, -0.1) is 0 Å². The number of nitrogens with one attached hydrogen (secondary N) is 1. The minimum atomic E-state index is -4.59. The van der Waals surface area contributed by atoms with Crippen LogP contribution in [0.2, 0.25) is 0 Å². The van der Waals surface area contributed by atoms with Crippen LogP contribution < -0.4 is 5.32 Å². The van der Waals surface area contributed by atoms with Crippen LogP contribution in [0.5, 0.6) is 0 Å². The van der Waals surface area contributed by atoms with Crippen molar-refractivity contribution < 1.29 is 18.1 Å². The highest BCUT2D eigenvalue weighted by atomic mass is 32.1. The van der Waals surface area contributed by atoms with E-state index >= 15 is 0 Å². The Morgan fingerprint density at radius 1 is 1.43 bits per heavy atom. The van der Waals surface area contributed by atoms with Crippen LogP contribution >= 0.6 is 11.5 Å². The van der Waals surface area contributed by atoms with Gasteiger partial charge >= 0.3 is 6.18 Å². The number of nitrogens with zero attached hydrogens (tertiary/aromatic N) is 3. The molecule has 2 rings (SSSR count). The van der Waals surface area contributed by atoms with Gasteiger partial charge < -0.3 is 5.32 Å². The minimum Gasteiger partial charge on any atom is -0.356 e. The molecular formula is C11H9F3N4O2S. The molecule has 0 radical (unpaired) electrons. The van der Waals surface area contributed by atoms with Gasteiger partial charge in [-0.1, -0.05) is 12.1 Å². The van der Waals surface area contributed by atoms with E-state index < -0.39 is 16.9 Å². The molecule has 0 saturated carbocycles. The van der Waals surface area contributed by atoms with E-state index in [0.29, 0.717) is 22.7 Å². The van der Waals surface area contributed by atoms with Crippen LogP contribution in [0, 0.1) is 17.0 Å². The Hall–Kier alpha value is -2.23. The Morgan fingerprint density at radius 3 is 2.71 bits per heavy atom. The van der Waals surface area contributed by atoms with Crippen molar-refractivity contribution in [1.29, 1.82) is 0 Å². The molecule has 0 atom stereocenters. The zero-order valence-corrected chi connectivity index (χ0v) is 11.5. The number of hydrogen-bond donors (Lipinski definition) is 1. The predicted molar refractivity (Wildman–Crippen MR) is 70.1 cm³/mol. The largest absolute Gasteiger partial charge is 0.452 e. The van der Waals surface area contributed by atoms with Crippen LogP contribution in [0.1, 0.15) is 17.0 Å². The molecule has 0 amide bonds. The fourth-order valence-electron chi connectivity index (χ4n) is 1.64. The third-order valence-corrected chi connectivity index (χ3v) is 3.40. The van der Waals surface area contributed by atoms with E-state index in [1.165, 1.54) is 12.1 Å². The third kappa shape index (κ3) is 3.45. The van der Waals surface area contributed by atoms with Crippen molar-refractivity contribution in [2.75, 3.05) is 5.32 Å². The summed E-state index contributed by atoms with van der Waals surface area (Å²) < 4.78 is 40.3. The van der Waals surface area contributed by atoms with Crippen LogP contribution in [0.15, 0.2) is 18.2 Å². The number of rotatable bonds is 4. The fraction of sp³-hybridized carbons (Fsp3) is 0.273. The molecule has 10 heteroatoms. The molecule has 0 fully saturated rings. The molecule has 0 saturated heterocycles. The van der Waals surface area contributed by atoms with Gasteiger partial charge in [0.15, 0.2) is 0 Å². The van der Waals surface area contributed by atoms with Crippen LogP contribution in [0.25, 0.3) is 0 Å². The van der Waals surface area contributed by atoms with Crippen LogP contribution in [0.4, 0.5) is 24.0 Å². The smallest absolute Gasteiger partial charge is 0.356 e. The normalized spacial score (nSPS) is 11.4. The highest BCUT2D eigenvalue weighted by Crippen LogP contribution is 2.29. The predicted octanol–water partition coefficient (Wildman–Crippen LogP) is 3.39. The summed E-state index contributed by atoms with van der Waals surface area (Å²) in [5, 5.41) is 13.5. The summed E-state index contributed by atoms with van der Waals surface area (Å²) in [5.74, 6) is -1.20. The first-order valence-electron chi connectivity index (χ1n) is 5.66. The first-order valence-corrected chi connectivity index (χ1v) is 6.44. The molecule has 0 aliphatic carbocycles. The van der Waals surface area contributed by atoms with Gasteiger partial charge in [0.1, 0.15) is 0 Å². The summed E-state index contributed by atoms with van der Waals surface area (Å²) in [6.07, 6.45) is -4.59. The van der Waals surface area contributed by atoms with Gasteiger partial charge in [-0.05, 0) is 12.5 Å². The number of aromatic nitrogens is 2.